The quantitative estimate of drug-likeness (QED) is 0.603. The fourth-order valence-corrected chi connectivity index (χ4v) is 1.69. The topological polar surface area (TPSA) is 33.0 Å². The molecule has 1 heterocycles. The van der Waals surface area contributed by atoms with Crippen LogP contribution in [0.25, 0.3) is 0 Å². The van der Waals surface area contributed by atoms with Crippen LogP contribution in [0, 0.1) is 17.2 Å². The first-order chi connectivity index (χ1) is 6.33. The molecule has 0 saturated carbocycles. The molecule has 0 aliphatic carbocycles. The minimum atomic E-state index is -0.00931. The summed E-state index contributed by atoms with van der Waals surface area (Å²) in [4.78, 5) is 0. The Labute approximate surface area is 77.8 Å². The normalized spacial score (nSPS) is 25.5. The van der Waals surface area contributed by atoms with E-state index in [0.29, 0.717) is 12.5 Å². The standard InChI is InChI=1S/C11H11NO/c1-8-7-13-11-5-3-2-4-9(11)10(8)6-12/h2-5,8,10H,7H2,1H3. The molecule has 0 saturated heterocycles. The van der Waals surface area contributed by atoms with Crippen LogP contribution in [-0.2, 0) is 0 Å². The highest BCUT2D eigenvalue weighted by molar-refractivity contribution is 5.41. The summed E-state index contributed by atoms with van der Waals surface area (Å²) in [6.07, 6.45) is 0. The third-order valence-corrected chi connectivity index (χ3v) is 2.46. The number of hydrogen-bond acceptors (Lipinski definition) is 2. The summed E-state index contributed by atoms with van der Waals surface area (Å²) in [5, 5.41) is 9.00. The maximum atomic E-state index is 9.00. The van der Waals surface area contributed by atoms with Gasteiger partial charge in [0.2, 0.25) is 0 Å². The maximum absolute atomic E-state index is 9.00. The average Bonchev–Trinajstić information content (AvgIpc) is 2.18. The predicted octanol–water partition coefficient (Wildman–Crippen LogP) is 2.32. The molecule has 0 aromatic heterocycles. The minimum Gasteiger partial charge on any atom is -0.493 e. The molecule has 13 heavy (non-hydrogen) atoms. The maximum Gasteiger partial charge on any atom is 0.123 e. The van der Waals surface area contributed by atoms with Crippen LogP contribution in [0.15, 0.2) is 24.3 Å². The van der Waals surface area contributed by atoms with E-state index in [0.717, 1.165) is 11.3 Å². The summed E-state index contributed by atoms with van der Waals surface area (Å²) in [6.45, 7) is 2.69. The second-order valence-electron chi connectivity index (χ2n) is 3.43. The Balaban J connectivity index is 2.46. The van der Waals surface area contributed by atoms with Crippen molar-refractivity contribution in [1.82, 2.24) is 0 Å². The molecule has 1 aromatic carbocycles. The molecular formula is C11H11NO. The zero-order chi connectivity index (χ0) is 9.26. The fraction of sp³-hybridized carbons (Fsp3) is 0.364. The highest BCUT2D eigenvalue weighted by atomic mass is 16.5. The van der Waals surface area contributed by atoms with Gasteiger partial charge < -0.3 is 4.74 Å². The Morgan fingerprint density at radius 1 is 1.46 bits per heavy atom. The second kappa shape index (κ2) is 3.10. The van der Waals surface area contributed by atoms with Crippen LogP contribution in [0.3, 0.4) is 0 Å². The van der Waals surface area contributed by atoms with Gasteiger partial charge in [-0.2, -0.15) is 5.26 Å². The summed E-state index contributed by atoms with van der Waals surface area (Å²) in [7, 11) is 0. The first-order valence-electron chi connectivity index (χ1n) is 4.44. The molecular weight excluding hydrogens is 162 g/mol. The highest BCUT2D eigenvalue weighted by Crippen LogP contribution is 2.35. The molecule has 0 spiro atoms. The van der Waals surface area contributed by atoms with E-state index < -0.39 is 0 Å². The molecule has 0 radical (unpaired) electrons. The lowest BCUT2D eigenvalue weighted by Crippen LogP contribution is -2.22. The lowest BCUT2D eigenvalue weighted by molar-refractivity contribution is 0.222. The van der Waals surface area contributed by atoms with E-state index in [4.69, 9.17) is 10.00 Å². The molecule has 0 N–H and O–H groups in total. The zero-order valence-corrected chi connectivity index (χ0v) is 7.53. The molecule has 1 aliphatic rings. The first kappa shape index (κ1) is 8.12. The van der Waals surface area contributed by atoms with Gasteiger partial charge in [0.15, 0.2) is 0 Å². The number of fused-ring (bicyclic) bond motifs is 1. The molecule has 1 aromatic rings. The number of hydrogen-bond donors (Lipinski definition) is 0. The molecule has 2 rings (SSSR count). The van der Waals surface area contributed by atoms with E-state index in [2.05, 4.69) is 6.07 Å². The van der Waals surface area contributed by atoms with Crippen molar-refractivity contribution >= 4 is 0 Å². The van der Waals surface area contributed by atoms with Crippen LogP contribution in [0.5, 0.6) is 5.75 Å². The molecule has 2 unspecified atom stereocenters. The molecule has 2 atom stereocenters. The molecule has 66 valence electrons. The smallest absolute Gasteiger partial charge is 0.123 e. The van der Waals surface area contributed by atoms with Crippen LogP contribution in [0.1, 0.15) is 18.4 Å². The van der Waals surface area contributed by atoms with Gasteiger partial charge in [0.05, 0.1) is 18.6 Å². The average molecular weight is 173 g/mol. The lowest BCUT2D eigenvalue weighted by atomic mass is 9.86. The van der Waals surface area contributed by atoms with Crippen molar-refractivity contribution in [3.8, 4) is 11.8 Å². The summed E-state index contributed by atoms with van der Waals surface area (Å²) in [6, 6.07) is 10.1. The van der Waals surface area contributed by atoms with Crippen molar-refractivity contribution in [2.45, 2.75) is 12.8 Å². The number of ether oxygens (including phenoxy) is 1. The largest absolute Gasteiger partial charge is 0.493 e. The monoisotopic (exact) mass is 173 g/mol. The number of benzene rings is 1. The summed E-state index contributed by atoms with van der Waals surface area (Å²) in [5.74, 6) is 1.15. The first-order valence-corrected chi connectivity index (χ1v) is 4.44. The van der Waals surface area contributed by atoms with Crippen LogP contribution < -0.4 is 4.74 Å². The number of nitriles is 1. The van der Waals surface area contributed by atoms with Gasteiger partial charge >= 0.3 is 0 Å². The van der Waals surface area contributed by atoms with E-state index in [-0.39, 0.29) is 5.92 Å². The Morgan fingerprint density at radius 2 is 2.23 bits per heavy atom. The SMILES string of the molecule is CC1COc2ccccc2C1C#N. The second-order valence-corrected chi connectivity index (χ2v) is 3.43. The van der Waals surface area contributed by atoms with Gasteiger partial charge in [-0.05, 0) is 6.07 Å². The highest BCUT2D eigenvalue weighted by Gasteiger charge is 2.26. The Morgan fingerprint density at radius 3 is 3.00 bits per heavy atom. The van der Waals surface area contributed by atoms with Gasteiger partial charge in [-0.25, -0.2) is 0 Å². The van der Waals surface area contributed by atoms with E-state index in [1.807, 2.05) is 31.2 Å². The third-order valence-electron chi connectivity index (χ3n) is 2.46. The van der Waals surface area contributed by atoms with Crippen molar-refractivity contribution < 1.29 is 4.74 Å². The lowest BCUT2D eigenvalue weighted by Gasteiger charge is -2.26. The molecule has 0 fully saturated rings. The van der Waals surface area contributed by atoms with Crippen molar-refractivity contribution in [3.05, 3.63) is 29.8 Å². The number of para-hydroxylation sites is 1. The van der Waals surface area contributed by atoms with Gasteiger partial charge in [-0.3, -0.25) is 0 Å². The van der Waals surface area contributed by atoms with Crippen molar-refractivity contribution in [3.63, 3.8) is 0 Å². The summed E-state index contributed by atoms with van der Waals surface area (Å²) in [5.41, 5.74) is 1.03. The van der Waals surface area contributed by atoms with E-state index in [9.17, 15) is 0 Å². The third kappa shape index (κ3) is 1.27. The van der Waals surface area contributed by atoms with Gasteiger partial charge in [0, 0.05) is 11.5 Å². The van der Waals surface area contributed by atoms with Crippen molar-refractivity contribution in [1.29, 1.82) is 5.26 Å². The van der Waals surface area contributed by atoms with Crippen LogP contribution in [0.4, 0.5) is 0 Å². The molecule has 2 heteroatoms. The summed E-state index contributed by atoms with van der Waals surface area (Å²) < 4.78 is 5.52. The fourth-order valence-electron chi connectivity index (χ4n) is 1.69. The van der Waals surface area contributed by atoms with Crippen LogP contribution in [-0.4, -0.2) is 6.61 Å². The molecule has 2 nitrogen and oxygen atoms in total. The van der Waals surface area contributed by atoms with Crippen LogP contribution >= 0.6 is 0 Å². The molecule has 1 aliphatic heterocycles. The Kier molecular flexibility index (Phi) is 1.94. The van der Waals surface area contributed by atoms with Crippen molar-refractivity contribution in [2.75, 3.05) is 6.61 Å². The molecule has 0 amide bonds. The van der Waals surface area contributed by atoms with E-state index in [1.165, 1.54) is 0 Å². The predicted molar refractivity (Wildman–Crippen MR) is 49.5 cm³/mol. The number of nitrogens with zero attached hydrogens (tertiary/aromatic N) is 1. The summed E-state index contributed by atoms with van der Waals surface area (Å²) >= 11 is 0. The number of rotatable bonds is 0. The van der Waals surface area contributed by atoms with E-state index >= 15 is 0 Å². The Hall–Kier alpha value is -1.49. The molecule has 0 bridgehead atoms. The van der Waals surface area contributed by atoms with Gasteiger partial charge in [0.25, 0.3) is 0 Å². The Bertz CT molecular complexity index is 353. The van der Waals surface area contributed by atoms with Gasteiger partial charge in [0.1, 0.15) is 5.75 Å². The van der Waals surface area contributed by atoms with Gasteiger partial charge in [-0.15, -0.1) is 0 Å². The van der Waals surface area contributed by atoms with Crippen LogP contribution in [0.2, 0.25) is 0 Å². The van der Waals surface area contributed by atoms with Crippen molar-refractivity contribution in [2.24, 2.45) is 5.92 Å². The minimum absolute atomic E-state index is 0.00931. The van der Waals surface area contributed by atoms with E-state index in [1.54, 1.807) is 0 Å². The van der Waals surface area contributed by atoms with Gasteiger partial charge in [-0.1, -0.05) is 25.1 Å². The zero-order valence-electron chi connectivity index (χ0n) is 7.53.